The highest BCUT2D eigenvalue weighted by Crippen LogP contribution is 2.50. The van der Waals surface area contributed by atoms with Gasteiger partial charge in [-0.1, -0.05) is 17.3 Å². The summed E-state index contributed by atoms with van der Waals surface area (Å²) in [7, 11) is 3.20. The third kappa shape index (κ3) is 3.88. The summed E-state index contributed by atoms with van der Waals surface area (Å²) in [5, 5.41) is 17.7. The summed E-state index contributed by atoms with van der Waals surface area (Å²) in [6.07, 6.45) is 0.991. The Balaban J connectivity index is 1.58. The van der Waals surface area contributed by atoms with Crippen LogP contribution in [0.15, 0.2) is 52.2 Å². The van der Waals surface area contributed by atoms with E-state index in [4.69, 9.17) is 18.7 Å². The standard InChI is InChI=1S/C27H28N2O6/c1-5-34-22-13-16(6-8-19(22)30)25-24-14(2)29-35-27(24)28-18-10-17(11-20(31)26(18)25)15-7-9-21(32-3)23(12-15)33-4/h6-9,12-13,17,25,28,30H,5,10-11H2,1-4H3/t17-,25-/m0/s1. The van der Waals surface area contributed by atoms with Crippen molar-refractivity contribution in [3.63, 3.8) is 0 Å². The van der Waals surface area contributed by atoms with Crippen molar-refractivity contribution in [2.75, 3.05) is 26.1 Å². The highest BCUT2D eigenvalue weighted by Gasteiger charge is 2.41. The summed E-state index contributed by atoms with van der Waals surface area (Å²) in [6.45, 7) is 4.14. The Bertz CT molecular complexity index is 1330. The van der Waals surface area contributed by atoms with Crippen molar-refractivity contribution in [1.82, 2.24) is 5.16 Å². The van der Waals surface area contributed by atoms with E-state index >= 15 is 0 Å². The number of allylic oxidation sites excluding steroid dienone is 2. The molecule has 2 aromatic carbocycles. The highest BCUT2D eigenvalue weighted by atomic mass is 16.5. The molecule has 1 aliphatic carbocycles. The maximum absolute atomic E-state index is 13.7. The lowest BCUT2D eigenvalue weighted by Gasteiger charge is -2.34. The number of Topliss-reactive ketones (excluding diaryl/α,β-unsaturated/α-hetero) is 1. The van der Waals surface area contributed by atoms with Gasteiger partial charge in [0.1, 0.15) is 0 Å². The fourth-order valence-corrected chi connectivity index (χ4v) is 5.13. The van der Waals surface area contributed by atoms with E-state index in [-0.39, 0.29) is 23.4 Å². The fraction of sp³-hybridized carbons (Fsp3) is 0.333. The van der Waals surface area contributed by atoms with E-state index in [0.717, 1.165) is 22.4 Å². The first-order chi connectivity index (χ1) is 16.9. The molecule has 0 unspecified atom stereocenters. The maximum Gasteiger partial charge on any atom is 0.233 e. The average molecular weight is 477 g/mol. The number of methoxy groups -OCH3 is 2. The molecule has 1 aromatic heterocycles. The Morgan fingerprint density at radius 2 is 1.80 bits per heavy atom. The zero-order chi connectivity index (χ0) is 24.7. The number of phenolic OH excluding ortho intramolecular Hbond substituents is 1. The molecule has 1 aliphatic heterocycles. The van der Waals surface area contributed by atoms with Gasteiger partial charge in [-0.2, -0.15) is 0 Å². The van der Waals surface area contributed by atoms with E-state index in [1.54, 1.807) is 26.4 Å². The van der Waals surface area contributed by atoms with Crippen LogP contribution in [0, 0.1) is 6.92 Å². The molecule has 182 valence electrons. The molecule has 0 bridgehead atoms. The second-order valence-electron chi connectivity index (χ2n) is 8.76. The summed E-state index contributed by atoms with van der Waals surface area (Å²) in [6, 6.07) is 11.0. The van der Waals surface area contributed by atoms with Gasteiger partial charge >= 0.3 is 0 Å². The Kier molecular flexibility index (Phi) is 5.88. The molecule has 0 spiro atoms. The number of phenols is 1. The summed E-state index contributed by atoms with van der Waals surface area (Å²) in [4.78, 5) is 13.7. The largest absolute Gasteiger partial charge is 0.504 e. The lowest BCUT2D eigenvalue weighted by Crippen LogP contribution is -2.29. The molecule has 0 saturated heterocycles. The van der Waals surface area contributed by atoms with E-state index < -0.39 is 0 Å². The number of aromatic nitrogens is 1. The van der Waals surface area contributed by atoms with Crippen molar-refractivity contribution in [2.45, 2.75) is 38.5 Å². The number of rotatable bonds is 6. The number of fused-ring (bicyclic) bond motifs is 1. The van der Waals surface area contributed by atoms with Crippen molar-refractivity contribution in [3.8, 4) is 23.0 Å². The van der Waals surface area contributed by atoms with E-state index in [2.05, 4.69) is 10.5 Å². The van der Waals surface area contributed by atoms with Gasteiger partial charge in [-0.25, -0.2) is 0 Å². The molecular weight excluding hydrogens is 448 g/mol. The number of benzene rings is 2. The normalized spacial score (nSPS) is 19.0. The molecule has 2 atom stereocenters. The minimum absolute atomic E-state index is 0.0291. The summed E-state index contributed by atoms with van der Waals surface area (Å²) in [5.41, 5.74) is 4.91. The van der Waals surface area contributed by atoms with Gasteiger partial charge in [0.2, 0.25) is 5.88 Å². The molecule has 5 rings (SSSR count). The summed E-state index contributed by atoms with van der Waals surface area (Å²) in [5.74, 6) is 1.92. The number of aryl methyl sites for hydroxylation is 1. The molecule has 8 nitrogen and oxygen atoms in total. The van der Waals surface area contributed by atoms with E-state index in [9.17, 15) is 9.90 Å². The minimum Gasteiger partial charge on any atom is -0.504 e. The van der Waals surface area contributed by atoms with Crippen LogP contribution in [0.3, 0.4) is 0 Å². The lowest BCUT2D eigenvalue weighted by atomic mass is 9.72. The molecule has 8 heteroatoms. The van der Waals surface area contributed by atoms with Crippen LogP contribution in [-0.2, 0) is 4.79 Å². The quantitative estimate of drug-likeness (QED) is 0.509. The number of carbonyl (C=O) groups excluding carboxylic acids is 1. The van der Waals surface area contributed by atoms with Crippen LogP contribution in [0.2, 0.25) is 0 Å². The zero-order valence-electron chi connectivity index (χ0n) is 20.2. The smallest absolute Gasteiger partial charge is 0.233 e. The topological polar surface area (TPSA) is 103 Å². The van der Waals surface area contributed by atoms with Gasteiger partial charge in [-0.05, 0) is 61.6 Å². The predicted molar refractivity (Wildman–Crippen MR) is 130 cm³/mol. The van der Waals surface area contributed by atoms with E-state index in [0.29, 0.717) is 53.8 Å². The summed E-state index contributed by atoms with van der Waals surface area (Å²) < 4.78 is 22.1. The van der Waals surface area contributed by atoms with E-state index in [1.165, 1.54) is 0 Å². The van der Waals surface area contributed by atoms with Crippen LogP contribution in [0.1, 0.15) is 54.0 Å². The lowest BCUT2D eigenvalue weighted by molar-refractivity contribution is -0.116. The molecule has 2 aliphatic rings. The molecule has 0 fully saturated rings. The number of ketones is 1. The number of hydrogen-bond donors (Lipinski definition) is 2. The van der Waals surface area contributed by atoms with Crippen molar-refractivity contribution in [1.29, 1.82) is 0 Å². The Hall–Kier alpha value is -3.94. The van der Waals surface area contributed by atoms with Gasteiger partial charge in [0, 0.05) is 23.6 Å². The van der Waals surface area contributed by atoms with Crippen molar-refractivity contribution in [2.24, 2.45) is 0 Å². The molecule has 0 radical (unpaired) electrons. The maximum atomic E-state index is 13.7. The van der Waals surface area contributed by atoms with Crippen molar-refractivity contribution < 1.29 is 28.6 Å². The number of aromatic hydroxyl groups is 1. The van der Waals surface area contributed by atoms with Crippen molar-refractivity contribution in [3.05, 3.63) is 70.1 Å². The third-order valence-corrected chi connectivity index (χ3v) is 6.75. The first kappa shape index (κ1) is 22.8. The molecule has 35 heavy (non-hydrogen) atoms. The molecule has 0 saturated carbocycles. The average Bonchev–Trinajstić information content (AvgIpc) is 3.23. The first-order valence-electron chi connectivity index (χ1n) is 11.6. The van der Waals surface area contributed by atoms with Crippen LogP contribution >= 0.6 is 0 Å². The first-order valence-corrected chi connectivity index (χ1v) is 11.6. The van der Waals surface area contributed by atoms with Crippen molar-refractivity contribution >= 4 is 11.7 Å². The number of carbonyl (C=O) groups is 1. The number of nitrogens with one attached hydrogen (secondary N) is 1. The highest BCUT2D eigenvalue weighted by molar-refractivity contribution is 6.01. The van der Waals surface area contributed by atoms with Crippen LogP contribution in [-0.4, -0.2) is 36.9 Å². The number of hydrogen-bond acceptors (Lipinski definition) is 8. The van der Waals surface area contributed by atoms with Crippen LogP contribution in [0.5, 0.6) is 23.0 Å². The fourth-order valence-electron chi connectivity index (χ4n) is 5.13. The molecule has 2 N–H and O–H groups in total. The zero-order valence-corrected chi connectivity index (χ0v) is 20.2. The molecular formula is C27H28N2O6. The van der Waals surface area contributed by atoms with Gasteiger partial charge in [-0.3, -0.25) is 4.79 Å². The van der Waals surface area contributed by atoms with Gasteiger partial charge in [0.15, 0.2) is 28.8 Å². The molecule has 2 heterocycles. The summed E-state index contributed by atoms with van der Waals surface area (Å²) >= 11 is 0. The number of anilines is 1. The second kappa shape index (κ2) is 9.02. The monoisotopic (exact) mass is 476 g/mol. The van der Waals surface area contributed by atoms with Gasteiger partial charge in [0.05, 0.1) is 32.1 Å². The predicted octanol–water partition coefficient (Wildman–Crippen LogP) is 5.06. The van der Waals surface area contributed by atoms with Gasteiger partial charge in [-0.15, -0.1) is 0 Å². The Labute approximate surface area is 203 Å². The van der Waals surface area contributed by atoms with Crippen LogP contribution in [0.4, 0.5) is 5.88 Å². The second-order valence-corrected chi connectivity index (χ2v) is 8.76. The SMILES string of the molecule is CCOc1cc([C@@H]2C3=C(C[C@H](c4ccc(OC)c(OC)c4)CC3=O)Nc3onc(C)c32)ccc1O. The Morgan fingerprint density at radius 3 is 2.54 bits per heavy atom. The van der Waals surface area contributed by atoms with E-state index in [1.807, 2.05) is 38.1 Å². The third-order valence-electron chi connectivity index (χ3n) is 6.75. The Morgan fingerprint density at radius 1 is 1.06 bits per heavy atom. The molecule has 3 aromatic rings. The number of nitrogens with zero attached hydrogens (tertiary/aromatic N) is 1. The van der Waals surface area contributed by atoms with Crippen LogP contribution < -0.4 is 19.5 Å². The van der Waals surface area contributed by atoms with Crippen LogP contribution in [0.25, 0.3) is 0 Å². The molecule has 0 amide bonds. The number of ether oxygens (including phenoxy) is 3. The van der Waals surface area contributed by atoms with Gasteiger partial charge < -0.3 is 29.2 Å². The van der Waals surface area contributed by atoms with Gasteiger partial charge in [0.25, 0.3) is 0 Å². The minimum atomic E-state index is -0.369.